The fourth-order valence-electron chi connectivity index (χ4n) is 3.34. The van der Waals surface area contributed by atoms with Gasteiger partial charge in [-0.05, 0) is 42.0 Å². The van der Waals surface area contributed by atoms with Crippen LogP contribution in [0.15, 0.2) is 66.7 Å². The molecular weight excluding hydrogens is 442 g/mol. The van der Waals surface area contributed by atoms with Crippen molar-refractivity contribution in [2.45, 2.75) is 18.9 Å². The fraction of sp³-hybridized carbons (Fsp3) is 0.280. The Morgan fingerprint density at radius 1 is 0.970 bits per heavy atom. The number of amides is 1. The van der Waals surface area contributed by atoms with Crippen molar-refractivity contribution >= 4 is 41.2 Å². The molecule has 0 saturated carbocycles. The van der Waals surface area contributed by atoms with Gasteiger partial charge in [0.25, 0.3) is 0 Å². The molecule has 3 aromatic carbocycles. The van der Waals surface area contributed by atoms with Crippen LogP contribution < -0.4 is 10.1 Å². The second-order valence-electron chi connectivity index (χ2n) is 7.21. The monoisotopic (exact) mass is 469 g/mol. The summed E-state index contributed by atoms with van der Waals surface area (Å²) < 4.78 is 16.2. The molecule has 0 heterocycles. The zero-order valence-electron chi connectivity index (χ0n) is 18.1. The van der Waals surface area contributed by atoms with E-state index in [1.54, 1.807) is 12.1 Å². The zero-order valence-corrected chi connectivity index (χ0v) is 19.0. The Labute approximate surface area is 198 Å². The number of carbonyl (C=O) groups is 2. The van der Waals surface area contributed by atoms with Crippen molar-refractivity contribution in [1.82, 2.24) is 0 Å². The van der Waals surface area contributed by atoms with Crippen molar-refractivity contribution in [1.29, 1.82) is 0 Å². The molecule has 7 nitrogen and oxygen atoms in total. The van der Waals surface area contributed by atoms with Crippen molar-refractivity contribution in [3.05, 3.63) is 72.3 Å². The number of hydrogen-bond acceptors (Lipinski definition) is 7. The van der Waals surface area contributed by atoms with Gasteiger partial charge in [0.05, 0.1) is 24.7 Å². The Bertz CT molecular complexity index is 1050. The molecule has 33 heavy (non-hydrogen) atoms. The minimum atomic E-state index is -0.579. The smallest absolute Gasteiger partial charge is 0.412 e. The molecule has 0 unspecified atom stereocenters. The number of esters is 1. The molecular formula is C25H27NO6S. The Balaban J connectivity index is 1.69. The summed E-state index contributed by atoms with van der Waals surface area (Å²) in [6, 6.07) is 20.5. The molecule has 0 aromatic heterocycles. The van der Waals surface area contributed by atoms with Gasteiger partial charge in [-0.1, -0.05) is 48.5 Å². The number of nitrogens with one attached hydrogen (secondary N) is 1. The molecule has 2 N–H and O–H groups in total. The first-order valence-corrected chi connectivity index (χ1v) is 11.3. The average Bonchev–Trinajstić information content (AvgIpc) is 2.85. The summed E-state index contributed by atoms with van der Waals surface area (Å²) in [7, 11) is 0. The maximum atomic E-state index is 12.8. The average molecular weight is 470 g/mol. The third-order valence-corrected chi connectivity index (χ3v) is 5.15. The second-order valence-corrected chi connectivity index (χ2v) is 7.52. The summed E-state index contributed by atoms with van der Waals surface area (Å²) in [5.74, 6) is 0.229. The Morgan fingerprint density at radius 2 is 1.73 bits per heavy atom. The summed E-state index contributed by atoms with van der Waals surface area (Å²) >= 11 is 3.89. The van der Waals surface area contributed by atoms with Crippen LogP contribution in [0.2, 0.25) is 0 Å². The molecule has 3 aromatic rings. The number of aliphatic hydroxyl groups excluding tert-OH is 1. The lowest BCUT2D eigenvalue weighted by Crippen LogP contribution is -2.18. The predicted molar refractivity (Wildman–Crippen MR) is 130 cm³/mol. The Kier molecular flexibility index (Phi) is 9.41. The second kappa shape index (κ2) is 12.7. The minimum Gasteiger partial charge on any atom is -0.491 e. The Morgan fingerprint density at radius 3 is 2.48 bits per heavy atom. The standard InChI is InChI=1S/C25H27NO6S/c27-14-16-30-20-12-10-19(11-13-20)23(9-4-15-31-24(28)17-33)32-25(29)26-22-8-3-6-18-5-1-2-7-21(18)22/h1-3,5-8,10-13,23,27,33H,4,9,14-17H2,(H,26,29)/t23-/m1/s1. The molecule has 0 aliphatic carbocycles. The van der Waals surface area contributed by atoms with Gasteiger partial charge in [0.15, 0.2) is 0 Å². The quantitative estimate of drug-likeness (QED) is 0.213. The van der Waals surface area contributed by atoms with Gasteiger partial charge >= 0.3 is 12.1 Å². The van der Waals surface area contributed by atoms with E-state index in [1.807, 2.05) is 54.6 Å². The summed E-state index contributed by atoms with van der Waals surface area (Å²) in [4.78, 5) is 24.1. The van der Waals surface area contributed by atoms with Crippen LogP contribution in [0.4, 0.5) is 10.5 Å². The van der Waals surface area contributed by atoms with Crippen LogP contribution in [0.3, 0.4) is 0 Å². The maximum absolute atomic E-state index is 12.8. The van der Waals surface area contributed by atoms with Gasteiger partial charge < -0.3 is 19.3 Å². The van der Waals surface area contributed by atoms with Crippen LogP contribution in [0.5, 0.6) is 5.75 Å². The van der Waals surface area contributed by atoms with Crippen molar-refractivity contribution in [3.8, 4) is 5.75 Å². The van der Waals surface area contributed by atoms with Crippen molar-refractivity contribution < 1.29 is 28.9 Å². The first-order valence-electron chi connectivity index (χ1n) is 10.7. The SMILES string of the molecule is O=C(CS)OCCC[C@@H](OC(=O)Nc1cccc2ccccc12)c1ccc(OCCO)cc1. The van der Waals surface area contributed by atoms with Gasteiger partial charge in [-0.15, -0.1) is 0 Å². The highest BCUT2D eigenvalue weighted by atomic mass is 32.1. The number of aliphatic hydroxyl groups is 1. The predicted octanol–water partition coefficient (Wildman–Crippen LogP) is 4.75. The van der Waals surface area contributed by atoms with Crippen LogP contribution in [-0.4, -0.2) is 42.7 Å². The largest absolute Gasteiger partial charge is 0.491 e. The molecule has 1 atom stereocenters. The third-order valence-electron chi connectivity index (χ3n) is 4.89. The lowest BCUT2D eigenvalue weighted by molar-refractivity contribution is -0.140. The van der Waals surface area contributed by atoms with Crippen LogP contribution in [0.1, 0.15) is 24.5 Å². The molecule has 8 heteroatoms. The van der Waals surface area contributed by atoms with E-state index in [4.69, 9.17) is 19.3 Å². The van der Waals surface area contributed by atoms with Crippen LogP contribution in [0, 0.1) is 0 Å². The number of hydrogen-bond donors (Lipinski definition) is 3. The number of ether oxygens (including phenoxy) is 3. The summed E-state index contributed by atoms with van der Waals surface area (Å²) in [5.41, 5.74) is 1.44. The van der Waals surface area contributed by atoms with Crippen molar-refractivity contribution in [2.24, 2.45) is 0 Å². The number of thiol groups is 1. The van der Waals surface area contributed by atoms with E-state index in [2.05, 4.69) is 17.9 Å². The maximum Gasteiger partial charge on any atom is 0.412 e. The van der Waals surface area contributed by atoms with E-state index in [1.165, 1.54) is 0 Å². The summed E-state index contributed by atoms with van der Waals surface area (Å²) in [6.45, 7) is 0.331. The van der Waals surface area contributed by atoms with Crippen LogP contribution in [-0.2, 0) is 14.3 Å². The third kappa shape index (κ3) is 7.40. The summed E-state index contributed by atoms with van der Waals surface area (Å²) in [5, 5.41) is 13.7. The molecule has 0 aliphatic rings. The zero-order chi connectivity index (χ0) is 23.5. The lowest BCUT2D eigenvalue weighted by atomic mass is 10.0. The molecule has 0 bridgehead atoms. The van der Waals surface area contributed by atoms with E-state index < -0.39 is 18.2 Å². The van der Waals surface area contributed by atoms with Gasteiger partial charge in [0.2, 0.25) is 0 Å². The molecule has 0 aliphatic heterocycles. The number of anilines is 1. The molecule has 3 rings (SSSR count). The van der Waals surface area contributed by atoms with Gasteiger partial charge in [0, 0.05) is 5.39 Å². The van der Waals surface area contributed by atoms with Gasteiger partial charge in [-0.3, -0.25) is 10.1 Å². The first kappa shape index (κ1) is 24.4. The van der Waals surface area contributed by atoms with E-state index in [0.717, 1.165) is 16.3 Å². The normalized spacial score (nSPS) is 11.6. The molecule has 174 valence electrons. The fourth-order valence-corrected chi connectivity index (χ4v) is 3.43. The highest BCUT2D eigenvalue weighted by molar-refractivity contribution is 7.81. The number of fused-ring (bicyclic) bond motifs is 1. The number of rotatable bonds is 11. The highest BCUT2D eigenvalue weighted by Gasteiger charge is 2.18. The highest BCUT2D eigenvalue weighted by Crippen LogP contribution is 2.27. The van der Waals surface area contributed by atoms with Gasteiger partial charge in [-0.25, -0.2) is 4.79 Å². The van der Waals surface area contributed by atoms with E-state index in [-0.39, 0.29) is 25.6 Å². The molecule has 0 radical (unpaired) electrons. The molecule has 1 amide bonds. The van der Waals surface area contributed by atoms with Gasteiger partial charge in [-0.2, -0.15) is 12.6 Å². The topological polar surface area (TPSA) is 94.1 Å². The van der Waals surface area contributed by atoms with Crippen LogP contribution in [0.25, 0.3) is 10.8 Å². The number of carbonyl (C=O) groups excluding carboxylic acids is 2. The van der Waals surface area contributed by atoms with Gasteiger partial charge in [0.1, 0.15) is 18.5 Å². The lowest BCUT2D eigenvalue weighted by Gasteiger charge is -2.19. The van der Waals surface area contributed by atoms with Crippen LogP contribution >= 0.6 is 12.6 Å². The first-order chi connectivity index (χ1) is 16.1. The van der Waals surface area contributed by atoms with E-state index in [9.17, 15) is 9.59 Å². The van der Waals surface area contributed by atoms with Crippen molar-refractivity contribution in [3.63, 3.8) is 0 Å². The minimum absolute atomic E-state index is 0.0165. The Hall–Kier alpha value is -3.23. The molecule has 0 spiro atoms. The van der Waals surface area contributed by atoms with E-state index >= 15 is 0 Å². The van der Waals surface area contributed by atoms with Crippen molar-refractivity contribution in [2.75, 3.05) is 30.9 Å². The molecule has 0 fully saturated rings. The number of benzene rings is 3. The molecule has 0 saturated heterocycles. The summed E-state index contributed by atoms with van der Waals surface area (Å²) in [6.07, 6.45) is -0.167. The van der Waals surface area contributed by atoms with E-state index in [0.29, 0.717) is 24.3 Å².